The average Bonchev–Trinajstić information content (AvgIpc) is 2.45. The second kappa shape index (κ2) is 6.41. The van der Waals surface area contributed by atoms with E-state index in [1.807, 2.05) is 0 Å². The topological polar surface area (TPSA) is 39.1 Å². The molecule has 1 atom stereocenters. The van der Waals surface area contributed by atoms with Gasteiger partial charge in [-0.05, 0) is 17.7 Å². The normalized spacial score (nSPS) is 18.2. The number of hydrogen-bond donors (Lipinski definition) is 1. The summed E-state index contributed by atoms with van der Waals surface area (Å²) in [5.74, 6) is -0.715. The van der Waals surface area contributed by atoms with E-state index in [4.69, 9.17) is 5.26 Å². The van der Waals surface area contributed by atoms with Crippen molar-refractivity contribution in [3.05, 3.63) is 35.1 Å². The lowest BCUT2D eigenvalue weighted by Crippen LogP contribution is -2.46. The number of benzene rings is 1. The smallest absolute Gasteiger partial charge is 0.314 e. The van der Waals surface area contributed by atoms with Gasteiger partial charge < -0.3 is 5.32 Å². The minimum Gasteiger partial charge on any atom is -0.314 e. The molecule has 0 radical (unpaired) electrons. The van der Waals surface area contributed by atoms with Crippen LogP contribution in [0, 0.1) is 17.1 Å². The number of nitriles is 1. The van der Waals surface area contributed by atoms with E-state index in [1.54, 1.807) is 11.0 Å². The average molecular weight is 301 g/mol. The fourth-order valence-corrected chi connectivity index (χ4v) is 2.51. The highest BCUT2D eigenvalue weighted by Gasteiger charge is 2.36. The molecular formula is C14H15F4N3. The van der Waals surface area contributed by atoms with E-state index < -0.39 is 24.5 Å². The van der Waals surface area contributed by atoms with E-state index in [2.05, 4.69) is 5.32 Å². The molecule has 1 fully saturated rings. The molecule has 1 aliphatic heterocycles. The summed E-state index contributed by atoms with van der Waals surface area (Å²) in [4.78, 5) is 1.72. The summed E-state index contributed by atoms with van der Waals surface area (Å²) in [6.07, 6.45) is -5.33. The van der Waals surface area contributed by atoms with Crippen LogP contribution in [0.25, 0.3) is 0 Å². The van der Waals surface area contributed by atoms with Gasteiger partial charge in [-0.3, -0.25) is 4.90 Å². The predicted molar refractivity (Wildman–Crippen MR) is 69.0 cm³/mol. The van der Waals surface area contributed by atoms with Crippen molar-refractivity contribution >= 4 is 0 Å². The van der Waals surface area contributed by atoms with Crippen LogP contribution in [-0.2, 0) is 0 Å². The fraction of sp³-hybridized carbons (Fsp3) is 0.500. The molecule has 0 aliphatic carbocycles. The molecule has 1 aromatic rings. The molecule has 0 aromatic heterocycles. The Morgan fingerprint density at radius 3 is 2.52 bits per heavy atom. The minimum atomic E-state index is -4.32. The molecule has 0 spiro atoms. The Labute approximate surface area is 120 Å². The van der Waals surface area contributed by atoms with Crippen LogP contribution in [0.5, 0.6) is 0 Å². The second-order valence-electron chi connectivity index (χ2n) is 4.97. The first-order valence-corrected chi connectivity index (χ1v) is 6.62. The zero-order valence-electron chi connectivity index (χ0n) is 11.3. The van der Waals surface area contributed by atoms with Gasteiger partial charge in [0.2, 0.25) is 0 Å². The van der Waals surface area contributed by atoms with Crippen LogP contribution in [0.3, 0.4) is 0 Å². The summed E-state index contributed by atoms with van der Waals surface area (Å²) in [6, 6.07) is 4.38. The van der Waals surface area contributed by atoms with Gasteiger partial charge in [0.05, 0.1) is 12.0 Å². The highest BCUT2D eigenvalue weighted by atomic mass is 19.4. The molecule has 7 heteroatoms. The van der Waals surface area contributed by atoms with Gasteiger partial charge in [0.15, 0.2) is 0 Å². The third-order valence-corrected chi connectivity index (χ3v) is 3.51. The summed E-state index contributed by atoms with van der Waals surface area (Å²) in [6.45, 7) is 2.20. The van der Waals surface area contributed by atoms with Crippen LogP contribution in [0.4, 0.5) is 17.6 Å². The summed E-state index contributed by atoms with van der Waals surface area (Å²) in [5.41, 5.74) is 0.0991. The molecule has 1 aliphatic rings. The monoisotopic (exact) mass is 301 g/mol. The molecule has 1 aromatic carbocycles. The zero-order chi connectivity index (χ0) is 15.5. The van der Waals surface area contributed by atoms with Crippen molar-refractivity contribution in [1.82, 2.24) is 10.2 Å². The molecule has 114 valence electrons. The zero-order valence-corrected chi connectivity index (χ0v) is 11.3. The molecule has 1 saturated heterocycles. The quantitative estimate of drug-likeness (QED) is 0.872. The molecule has 0 bridgehead atoms. The van der Waals surface area contributed by atoms with Crippen LogP contribution < -0.4 is 5.32 Å². The standard InChI is InChI=1S/C14H15F4N3/c15-12-2-1-10(7-11(12)9-19)13(8-14(16,17)18)21-5-3-20-4-6-21/h1-2,7,13,20H,3-6,8H2/t13-/m1/s1. The van der Waals surface area contributed by atoms with Gasteiger partial charge in [-0.2, -0.15) is 18.4 Å². The lowest BCUT2D eigenvalue weighted by atomic mass is 9.98. The molecule has 0 unspecified atom stereocenters. The first kappa shape index (κ1) is 15.7. The van der Waals surface area contributed by atoms with Gasteiger partial charge in [-0.1, -0.05) is 6.07 Å². The second-order valence-corrected chi connectivity index (χ2v) is 4.97. The van der Waals surface area contributed by atoms with E-state index in [-0.39, 0.29) is 5.56 Å². The van der Waals surface area contributed by atoms with Gasteiger partial charge in [0, 0.05) is 32.2 Å². The SMILES string of the molecule is N#Cc1cc([C@@H](CC(F)(F)F)N2CCNCC2)ccc1F. The first-order chi connectivity index (χ1) is 9.90. The lowest BCUT2D eigenvalue weighted by Gasteiger charge is -2.35. The number of alkyl halides is 3. The van der Waals surface area contributed by atoms with Gasteiger partial charge in [0.1, 0.15) is 11.9 Å². The van der Waals surface area contributed by atoms with Gasteiger partial charge >= 0.3 is 6.18 Å². The van der Waals surface area contributed by atoms with E-state index in [9.17, 15) is 17.6 Å². The molecule has 1 heterocycles. The number of hydrogen-bond acceptors (Lipinski definition) is 3. The van der Waals surface area contributed by atoms with Crippen molar-refractivity contribution in [3.63, 3.8) is 0 Å². The number of nitrogens with zero attached hydrogens (tertiary/aromatic N) is 2. The molecule has 0 amide bonds. The van der Waals surface area contributed by atoms with Crippen molar-refractivity contribution in [2.75, 3.05) is 26.2 Å². The highest BCUT2D eigenvalue weighted by Crippen LogP contribution is 2.34. The van der Waals surface area contributed by atoms with E-state index in [1.165, 1.54) is 12.1 Å². The van der Waals surface area contributed by atoms with Crippen molar-refractivity contribution < 1.29 is 17.6 Å². The molecule has 3 nitrogen and oxygen atoms in total. The van der Waals surface area contributed by atoms with E-state index in [0.717, 1.165) is 6.07 Å². The predicted octanol–water partition coefficient (Wildman–Crippen LogP) is 2.60. The van der Waals surface area contributed by atoms with Gasteiger partial charge in [0.25, 0.3) is 0 Å². The van der Waals surface area contributed by atoms with Crippen molar-refractivity contribution in [2.45, 2.75) is 18.6 Å². The summed E-state index contributed by atoms with van der Waals surface area (Å²) >= 11 is 0. The number of rotatable bonds is 3. The molecule has 0 saturated carbocycles. The van der Waals surface area contributed by atoms with Crippen molar-refractivity contribution in [3.8, 4) is 6.07 Å². The Balaban J connectivity index is 2.32. The van der Waals surface area contributed by atoms with Crippen LogP contribution in [0.15, 0.2) is 18.2 Å². The van der Waals surface area contributed by atoms with Crippen LogP contribution in [0.2, 0.25) is 0 Å². The maximum absolute atomic E-state index is 13.3. The highest BCUT2D eigenvalue weighted by molar-refractivity contribution is 5.36. The maximum atomic E-state index is 13.3. The van der Waals surface area contributed by atoms with E-state index >= 15 is 0 Å². The first-order valence-electron chi connectivity index (χ1n) is 6.62. The number of piperazine rings is 1. The third-order valence-electron chi connectivity index (χ3n) is 3.51. The Bertz CT molecular complexity index is 530. The maximum Gasteiger partial charge on any atom is 0.390 e. The van der Waals surface area contributed by atoms with E-state index in [0.29, 0.717) is 31.7 Å². The number of halogens is 4. The Morgan fingerprint density at radius 2 is 1.95 bits per heavy atom. The van der Waals surface area contributed by atoms with Crippen molar-refractivity contribution in [2.24, 2.45) is 0 Å². The fourth-order valence-electron chi connectivity index (χ4n) is 2.51. The summed E-state index contributed by atoms with van der Waals surface area (Å²) < 4.78 is 51.8. The summed E-state index contributed by atoms with van der Waals surface area (Å²) in [5, 5.41) is 11.9. The minimum absolute atomic E-state index is 0.227. The number of nitrogens with one attached hydrogen (secondary N) is 1. The molecular weight excluding hydrogens is 286 g/mol. The molecule has 1 N–H and O–H groups in total. The van der Waals surface area contributed by atoms with Gasteiger partial charge in [-0.25, -0.2) is 4.39 Å². The van der Waals surface area contributed by atoms with Crippen LogP contribution >= 0.6 is 0 Å². The molecule has 21 heavy (non-hydrogen) atoms. The summed E-state index contributed by atoms with van der Waals surface area (Å²) in [7, 11) is 0. The lowest BCUT2D eigenvalue weighted by molar-refractivity contribution is -0.148. The van der Waals surface area contributed by atoms with Crippen LogP contribution in [-0.4, -0.2) is 37.3 Å². The Hall–Kier alpha value is -1.65. The van der Waals surface area contributed by atoms with Gasteiger partial charge in [-0.15, -0.1) is 0 Å². The van der Waals surface area contributed by atoms with Crippen molar-refractivity contribution in [1.29, 1.82) is 5.26 Å². The Morgan fingerprint density at radius 1 is 1.29 bits per heavy atom. The third kappa shape index (κ3) is 4.16. The Kier molecular flexibility index (Phi) is 4.80. The largest absolute Gasteiger partial charge is 0.390 e. The van der Waals surface area contributed by atoms with Crippen LogP contribution in [0.1, 0.15) is 23.6 Å². The molecule has 2 rings (SSSR count).